The highest BCUT2D eigenvalue weighted by atomic mass is 32.2. The van der Waals surface area contributed by atoms with Crippen molar-refractivity contribution in [2.24, 2.45) is 0 Å². The third-order valence-electron chi connectivity index (χ3n) is 3.74. The highest BCUT2D eigenvalue weighted by Crippen LogP contribution is 2.19. The summed E-state index contributed by atoms with van der Waals surface area (Å²) in [5.74, 6) is -0.853. The molecule has 0 saturated heterocycles. The Morgan fingerprint density at radius 1 is 1.27 bits per heavy atom. The number of nitrogens with zero attached hydrogens (tertiary/aromatic N) is 5. The van der Waals surface area contributed by atoms with Gasteiger partial charge in [0, 0.05) is 6.54 Å². The number of hydrogen-bond donors (Lipinski definition) is 2. The summed E-state index contributed by atoms with van der Waals surface area (Å²) in [5.41, 5.74) is -0.0505. The fraction of sp³-hybridized carbons (Fsp3) is 0.222. The highest BCUT2D eigenvalue weighted by molar-refractivity contribution is 7.99. The smallest absolute Gasteiger partial charge is 0.254 e. The molecule has 0 fully saturated rings. The van der Waals surface area contributed by atoms with Crippen LogP contribution in [0.25, 0.3) is 0 Å². The molecular formula is C18H18FN7O2S2. The molecule has 30 heavy (non-hydrogen) atoms. The number of benzene rings is 1. The highest BCUT2D eigenvalue weighted by Gasteiger charge is 2.16. The molecule has 0 unspecified atom stereocenters. The average Bonchev–Trinajstić information content (AvgIpc) is 3.31. The predicted octanol–water partition coefficient (Wildman–Crippen LogP) is 2.42. The van der Waals surface area contributed by atoms with Crippen molar-refractivity contribution in [2.75, 3.05) is 11.1 Å². The Labute approximate surface area is 179 Å². The molecule has 0 aliphatic heterocycles. The first-order chi connectivity index (χ1) is 14.5. The van der Waals surface area contributed by atoms with Crippen LogP contribution in [0.4, 0.5) is 9.52 Å². The van der Waals surface area contributed by atoms with Gasteiger partial charge in [-0.1, -0.05) is 41.3 Å². The minimum atomic E-state index is -0.601. The number of aryl methyl sites for hydroxylation is 1. The van der Waals surface area contributed by atoms with Crippen LogP contribution in [-0.4, -0.2) is 42.5 Å². The summed E-state index contributed by atoms with van der Waals surface area (Å²) < 4.78 is 15.5. The van der Waals surface area contributed by atoms with Gasteiger partial charge in [-0.05, 0) is 19.1 Å². The number of halogens is 1. The summed E-state index contributed by atoms with van der Waals surface area (Å²) in [6, 6.07) is 5.72. The number of amides is 2. The molecule has 0 aliphatic rings. The zero-order chi connectivity index (χ0) is 21.5. The predicted molar refractivity (Wildman–Crippen MR) is 112 cm³/mol. The largest absolute Gasteiger partial charge is 0.345 e. The molecule has 9 nitrogen and oxygen atoms in total. The summed E-state index contributed by atoms with van der Waals surface area (Å²) in [7, 11) is 0. The third kappa shape index (κ3) is 5.48. The van der Waals surface area contributed by atoms with E-state index in [9.17, 15) is 14.0 Å². The molecule has 1 aromatic carbocycles. The van der Waals surface area contributed by atoms with Crippen molar-refractivity contribution in [1.82, 2.24) is 30.3 Å². The molecule has 2 amide bonds. The average molecular weight is 448 g/mol. The second-order valence-corrected chi connectivity index (χ2v) is 8.05. The fourth-order valence-electron chi connectivity index (χ4n) is 2.40. The van der Waals surface area contributed by atoms with Crippen LogP contribution >= 0.6 is 23.1 Å². The number of carbonyl (C=O) groups is 2. The molecule has 156 valence electrons. The van der Waals surface area contributed by atoms with Crippen LogP contribution in [0, 0.1) is 12.7 Å². The van der Waals surface area contributed by atoms with Gasteiger partial charge in [-0.2, -0.15) is 0 Å². The topological polar surface area (TPSA) is 115 Å². The van der Waals surface area contributed by atoms with Crippen LogP contribution in [0.1, 0.15) is 21.2 Å². The second-order valence-electron chi connectivity index (χ2n) is 5.92. The molecular weight excluding hydrogens is 429 g/mol. The van der Waals surface area contributed by atoms with Crippen molar-refractivity contribution in [3.05, 3.63) is 59.1 Å². The molecule has 0 spiro atoms. The van der Waals surface area contributed by atoms with Crippen LogP contribution < -0.4 is 10.6 Å². The molecule has 0 aliphatic carbocycles. The van der Waals surface area contributed by atoms with Gasteiger partial charge >= 0.3 is 0 Å². The zero-order valence-corrected chi connectivity index (χ0v) is 17.6. The summed E-state index contributed by atoms with van der Waals surface area (Å²) in [5, 5.41) is 22.8. The maximum absolute atomic E-state index is 13.7. The van der Waals surface area contributed by atoms with Crippen LogP contribution in [-0.2, 0) is 17.9 Å². The van der Waals surface area contributed by atoms with Gasteiger partial charge in [0.25, 0.3) is 5.91 Å². The monoisotopic (exact) mass is 447 g/mol. The Hall–Kier alpha value is -3.12. The number of anilines is 1. The molecule has 2 heterocycles. The van der Waals surface area contributed by atoms with Crippen LogP contribution in [0.3, 0.4) is 0 Å². The molecule has 2 aromatic heterocycles. The lowest BCUT2D eigenvalue weighted by atomic mass is 10.2. The van der Waals surface area contributed by atoms with Gasteiger partial charge in [0.2, 0.25) is 11.0 Å². The lowest BCUT2D eigenvalue weighted by molar-refractivity contribution is -0.113. The zero-order valence-electron chi connectivity index (χ0n) is 16.0. The lowest BCUT2D eigenvalue weighted by Crippen LogP contribution is -2.25. The lowest BCUT2D eigenvalue weighted by Gasteiger charge is -2.09. The summed E-state index contributed by atoms with van der Waals surface area (Å²) in [4.78, 5) is 24.3. The van der Waals surface area contributed by atoms with Gasteiger partial charge in [-0.3, -0.25) is 14.9 Å². The van der Waals surface area contributed by atoms with Crippen LogP contribution in [0.5, 0.6) is 0 Å². The number of aromatic nitrogens is 5. The van der Waals surface area contributed by atoms with E-state index < -0.39 is 11.7 Å². The first kappa shape index (κ1) is 21.6. The van der Waals surface area contributed by atoms with E-state index in [1.165, 1.54) is 41.3 Å². The van der Waals surface area contributed by atoms with E-state index in [1.54, 1.807) is 23.6 Å². The summed E-state index contributed by atoms with van der Waals surface area (Å²) >= 11 is 2.47. The molecule has 0 atom stereocenters. The first-order valence-corrected chi connectivity index (χ1v) is 10.6. The van der Waals surface area contributed by atoms with E-state index in [-0.39, 0.29) is 23.8 Å². The molecule has 3 aromatic rings. The van der Waals surface area contributed by atoms with Crippen LogP contribution in [0.15, 0.2) is 42.1 Å². The van der Waals surface area contributed by atoms with E-state index in [2.05, 4.69) is 37.6 Å². The first-order valence-electron chi connectivity index (χ1n) is 8.76. The van der Waals surface area contributed by atoms with Crippen molar-refractivity contribution >= 4 is 40.0 Å². The van der Waals surface area contributed by atoms with E-state index in [0.29, 0.717) is 22.7 Å². The number of carbonyl (C=O) groups excluding carboxylic acids is 2. The van der Waals surface area contributed by atoms with E-state index in [1.807, 2.05) is 0 Å². The SMILES string of the molecule is C=CCn1c(CNC(=O)c2ccccc2F)nnc1SCC(=O)Nc1nnc(C)s1. The maximum Gasteiger partial charge on any atom is 0.254 e. The summed E-state index contributed by atoms with van der Waals surface area (Å²) in [6.07, 6.45) is 1.65. The Bertz CT molecular complexity index is 1070. The van der Waals surface area contributed by atoms with Gasteiger partial charge in [0.1, 0.15) is 10.8 Å². The maximum atomic E-state index is 13.7. The van der Waals surface area contributed by atoms with Crippen molar-refractivity contribution in [2.45, 2.75) is 25.2 Å². The quantitative estimate of drug-likeness (QED) is 0.382. The molecule has 0 radical (unpaired) electrons. The fourth-order valence-corrected chi connectivity index (χ4v) is 3.78. The van der Waals surface area contributed by atoms with E-state index in [4.69, 9.17) is 0 Å². The van der Waals surface area contributed by atoms with Gasteiger partial charge in [0.15, 0.2) is 11.0 Å². The van der Waals surface area contributed by atoms with Crippen molar-refractivity contribution in [3.8, 4) is 0 Å². The van der Waals surface area contributed by atoms with Crippen molar-refractivity contribution in [3.63, 3.8) is 0 Å². The normalized spacial score (nSPS) is 10.6. The van der Waals surface area contributed by atoms with Gasteiger partial charge in [-0.25, -0.2) is 4.39 Å². The molecule has 2 N–H and O–H groups in total. The second kappa shape index (κ2) is 10.1. The van der Waals surface area contributed by atoms with Gasteiger partial charge in [-0.15, -0.1) is 27.0 Å². The number of allylic oxidation sites excluding steroid dienone is 1. The minimum absolute atomic E-state index is 0.0465. The van der Waals surface area contributed by atoms with E-state index in [0.717, 1.165) is 5.01 Å². The molecule has 12 heteroatoms. The molecule has 0 bridgehead atoms. The molecule has 3 rings (SSSR count). The summed E-state index contributed by atoms with van der Waals surface area (Å²) in [6.45, 7) is 5.94. The number of nitrogens with one attached hydrogen (secondary N) is 2. The standard InChI is InChI=1S/C18H18FN7O2S2/c1-3-8-26-14(9-20-16(28)12-6-4-5-7-13(12)19)23-25-18(26)29-10-15(27)21-17-24-22-11(2)30-17/h3-7H,1,8-10H2,2H3,(H,20,28)(H,21,24,27). The Morgan fingerprint density at radius 3 is 2.77 bits per heavy atom. The Kier molecular flexibility index (Phi) is 7.25. The van der Waals surface area contributed by atoms with Crippen molar-refractivity contribution < 1.29 is 14.0 Å². The van der Waals surface area contributed by atoms with Gasteiger partial charge in [0.05, 0.1) is 17.9 Å². The van der Waals surface area contributed by atoms with Crippen molar-refractivity contribution in [1.29, 1.82) is 0 Å². The molecule has 0 saturated carbocycles. The van der Waals surface area contributed by atoms with Crippen LogP contribution in [0.2, 0.25) is 0 Å². The Balaban J connectivity index is 1.61. The minimum Gasteiger partial charge on any atom is -0.345 e. The number of rotatable bonds is 9. The number of thioether (sulfide) groups is 1. The Morgan fingerprint density at radius 2 is 2.07 bits per heavy atom. The van der Waals surface area contributed by atoms with E-state index >= 15 is 0 Å². The van der Waals surface area contributed by atoms with Gasteiger partial charge < -0.3 is 9.88 Å². The third-order valence-corrected chi connectivity index (χ3v) is 5.46. The number of hydrogen-bond acceptors (Lipinski definition) is 8.